The summed E-state index contributed by atoms with van der Waals surface area (Å²) < 4.78 is 6.39. The predicted octanol–water partition coefficient (Wildman–Crippen LogP) is 9.33. The van der Waals surface area contributed by atoms with Gasteiger partial charge in [0.25, 0.3) is 0 Å². The number of benzene rings is 3. The van der Waals surface area contributed by atoms with Crippen LogP contribution in [0.15, 0.2) is 130 Å². The van der Waals surface area contributed by atoms with Crippen molar-refractivity contribution < 1.29 is 39.9 Å². The van der Waals surface area contributed by atoms with Crippen molar-refractivity contribution in [2.45, 2.75) is 197 Å². The van der Waals surface area contributed by atoms with Gasteiger partial charge in [0.1, 0.15) is 24.6 Å². The minimum absolute atomic E-state index is 0.0286. The number of nitrogens with two attached hydrogens (primary N) is 3. The fourth-order valence-electron chi connectivity index (χ4n) is 16.9. The maximum Gasteiger partial charge on any atom is 0.243 e. The molecule has 14 N–H and O–H groups in total. The molecule has 0 unspecified atom stereocenters. The molecule has 12 atom stereocenters. The van der Waals surface area contributed by atoms with Gasteiger partial charge in [-0.15, -0.1) is 0 Å². The molecule has 1 spiro atoms. The molecule has 90 heavy (non-hydrogen) atoms. The molecule has 4 saturated carbocycles. The second-order valence-electron chi connectivity index (χ2n) is 27.7. The maximum absolute atomic E-state index is 16.2. The number of guanidine groups is 1. The number of carbonyl (C=O) groups is 2. The third-order valence-corrected chi connectivity index (χ3v) is 21.7. The van der Waals surface area contributed by atoms with E-state index in [9.17, 15) is 30.3 Å². The van der Waals surface area contributed by atoms with Gasteiger partial charge in [-0.3, -0.25) is 19.9 Å². The topological polar surface area (TPSA) is 271 Å². The third kappa shape index (κ3) is 15.6. The summed E-state index contributed by atoms with van der Waals surface area (Å²) in [7, 11) is 0. The highest BCUT2D eigenvalue weighted by molar-refractivity contribution is 5.99. The lowest BCUT2D eigenvalue weighted by molar-refractivity contribution is -0.168. The van der Waals surface area contributed by atoms with Crippen molar-refractivity contribution >= 4 is 17.6 Å². The van der Waals surface area contributed by atoms with Crippen LogP contribution in [0.4, 0.5) is 0 Å². The lowest BCUT2D eigenvalue weighted by atomic mass is 9.51. The lowest BCUT2D eigenvalue weighted by Crippen LogP contribution is -2.59. The number of ether oxygens (including phenoxy) is 1. The summed E-state index contributed by atoms with van der Waals surface area (Å²) in [6, 6.07) is 19.5. The Bertz CT molecular complexity index is 3230. The number of ketones is 1. The molecular formula is C75H101N7O8. The Kier molecular flexibility index (Phi) is 22.6. The number of β-amino-alcohol motifs (C(OH)–C–C–N with tert-alkyl or cyclic N) is 1. The second kappa shape index (κ2) is 30.5. The lowest BCUT2D eigenvalue weighted by Gasteiger charge is -2.56. The number of phenols is 1. The molecule has 484 valence electrons. The van der Waals surface area contributed by atoms with E-state index >= 15 is 4.79 Å². The molecule has 10 rings (SSSR count). The van der Waals surface area contributed by atoms with E-state index in [1.54, 1.807) is 24.3 Å². The van der Waals surface area contributed by atoms with Gasteiger partial charge < -0.3 is 58.1 Å². The largest absolute Gasteiger partial charge is 0.508 e. The van der Waals surface area contributed by atoms with Crippen LogP contribution >= 0.6 is 0 Å². The van der Waals surface area contributed by atoms with E-state index < -0.39 is 65.2 Å². The predicted molar refractivity (Wildman–Crippen MR) is 356 cm³/mol. The van der Waals surface area contributed by atoms with Crippen LogP contribution < -0.4 is 33.2 Å². The van der Waals surface area contributed by atoms with Crippen LogP contribution in [0.5, 0.6) is 5.75 Å². The van der Waals surface area contributed by atoms with Gasteiger partial charge in [0.05, 0.1) is 30.5 Å². The molecule has 0 radical (unpaired) electrons. The summed E-state index contributed by atoms with van der Waals surface area (Å²) in [5.74, 6) is 4.76. The average Bonchev–Trinajstić information content (AvgIpc) is 1.43. The summed E-state index contributed by atoms with van der Waals surface area (Å²) >= 11 is 0. The monoisotopic (exact) mass is 1230 g/mol. The van der Waals surface area contributed by atoms with E-state index in [0.717, 1.165) is 84.1 Å². The molecule has 3 aromatic carbocycles. The molecule has 3 aliphatic heterocycles. The Labute approximate surface area is 534 Å². The number of hydrogen-bond donors (Lipinski definition) is 11. The fraction of sp³-hybridized carbons (Fsp3) is 0.560. The minimum atomic E-state index is -1.37. The van der Waals surface area contributed by atoms with Crippen molar-refractivity contribution in [3.8, 4) is 17.6 Å². The first-order valence-corrected chi connectivity index (χ1v) is 33.7. The fourth-order valence-corrected chi connectivity index (χ4v) is 16.9. The van der Waals surface area contributed by atoms with Crippen LogP contribution in [0.3, 0.4) is 0 Å². The minimum Gasteiger partial charge on any atom is -0.508 e. The Morgan fingerprint density at radius 3 is 2.39 bits per heavy atom. The summed E-state index contributed by atoms with van der Waals surface area (Å²) in [5.41, 5.74) is 25.5. The highest BCUT2D eigenvalue weighted by atomic mass is 16.5. The smallest absolute Gasteiger partial charge is 0.243 e. The van der Waals surface area contributed by atoms with Gasteiger partial charge in [0.15, 0.2) is 11.7 Å². The van der Waals surface area contributed by atoms with E-state index in [-0.39, 0.29) is 68.1 Å². The molecule has 2 bridgehead atoms. The van der Waals surface area contributed by atoms with Gasteiger partial charge in [-0.2, -0.15) is 0 Å². The van der Waals surface area contributed by atoms with Gasteiger partial charge >= 0.3 is 0 Å². The van der Waals surface area contributed by atoms with Gasteiger partial charge in [0.2, 0.25) is 5.91 Å². The van der Waals surface area contributed by atoms with Crippen LogP contribution in [-0.2, 0) is 33.6 Å². The Morgan fingerprint density at radius 2 is 1.63 bits per heavy atom. The molecule has 7 aliphatic rings. The zero-order valence-corrected chi connectivity index (χ0v) is 53.3. The van der Waals surface area contributed by atoms with E-state index in [1.165, 1.54) is 37.7 Å². The molecule has 15 nitrogen and oxygen atoms in total. The van der Waals surface area contributed by atoms with Gasteiger partial charge in [-0.25, -0.2) is 0 Å². The van der Waals surface area contributed by atoms with Gasteiger partial charge in [0, 0.05) is 49.2 Å². The normalized spacial score (nSPS) is 32.6. The van der Waals surface area contributed by atoms with Crippen molar-refractivity contribution in [1.82, 2.24) is 16.0 Å². The first kappa shape index (κ1) is 66.7. The number of hydrogen-bond acceptors (Lipinski definition) is 12. The Balaban J connectivity index is 1.06. The zero-order valence-electron chi connectivity index (χ0n) is 53.3. The van der Waals surface area contributed by atoms with Crippen molar-refractivity contribution in [3.63, 3.8) is 0 Å². The number of nitrogens with one attached hydrogen (secondary N) is 3. The van der Waals surface area contributed by atoms with Crippen molar-refractivity contribution in [2.75, 3.05) is 32.8 Å². The van der Waals surface area contributed by atoms with Crippen LogP contribution in [-0.4, -0.2) is 106 Å². The molecule has 0 saturated heterocycles. The number of carbonyl (C=O) groups excluding carboxylic acids is 2. The number of phenolic OH excluding ortho intramolecular Hbond substituents is 1. The molecule has 3 heterocycles. The Morgan fingerprint density at radius 1 is 0.900 bits per heavy atom. The van der Waals surface area contributed by atoms with E-state index in [2.05, 4.69) is 70.6 Å². The SMILES string of the molecule is C=C1/C=C/C=C(\[C@H]2CC[C@@]3([C@@H]4CC[C@H](O)Cc5cccc(c5)C[C@H]([C@H](CN=C(N)N)c5ccc(O)cc5)[C@H](O)CN[C@H]5C(=O)N[C@@H](N)c6cccc(c65)CC(=O)C(C5CCCCC5)=C4CC[C@@]3(C)O)[C@@H]2O)COCC#CC/C(C)=C/C[C@@H]1NCC1CCCCC1. The molecular weight excluding hydrogens is 1130 g/mol. The summed E-state index contributed by atoms with van der Waals surface area (Å²) in [6.07, 6.45) is 20.3. The summed E-state index contributed by atoms with van der Waals surface area (Å²) in [5, 5.41) is 72.8. The molecule has 15 heteroatoms. The highest BCUT2D eigenvalue weighted by Crippen LogP contribution is 2.64. The quantitative estimate of drug-likeness (QED) is 0.0413. The summed E-state index contributed by atoms with van der Waals surface area (Å²) in [6.45, 7) is 10.1. The first-order chi connectivity index (χ1) is 43.4. The van der Waals surface area contributed by atoms with Crippen LogP contribution in [0.25, 0.3) is 0 Å². The van der Waals surface area contributed by atoms with Gasteiger partial charge in [-0.05, 0) is 190 Å². The first-order valence-electron chi connectivity index (χ1n) is 33.7. The number of rotatable bonds is 9. The number of fused-ring (bicyclic) bond motifs is 4. The number of aliphatic hydroxyl groups excluding tert-OH is 3. The highest BCUT2D eigenvalue weighted by Gasteiger charge is 2.64. The zero-order chi connectivity index (χ0) is 63.5. The number of nitrogens with zero attached hydrogens (tertiary/aromatic N) is 1. The number of amides is 1. The van der Waals surface area contributed by atoms with E-state index in [1.807, 2.05) is 49.4 Å². The molecule has 4 aliphatic carbocycles. The second-order valence-corrected chi connectivity index (χ2v) is 27.7. The van der Waals surface area contributed by atoms with Crippen molar-refractivity contribution in [1.29, 1.82) is 0 Å². The number of allylic oxidation sites excluding steroid dienone is 5. The number of Topliss-reactive ketones (excluding diaryl/α,β-unsaturated/α-hetero) is 1. The van der Waals surface area contributed by atoms with Crippen LogP contribution in [0, 0.1) is 46.8 Å². The Hall–Kier alpha value is -6.19. The molecule has 0 aromatic heterocycles. The van der Waals surface area contributed by atoms with E-state index in [0.29, 0.717) is 80.4 Å². The molecule has 1 amide bonds. The molecule has 4 fully saturated rings. The average molecular weight is 1230 g/mol. The number of aromatic hydroxyl groups is 1. The summed E-state index contributed by atoms with van der Waals surface area (Å²) in [4.78, 5) is 35.1. The maximum atomic E-state index is 16.2. The third-order valence-electron chi connectivity index (χ3n) is 21.7. The number of aliphatic hydroxyl groups is 4. The van der Waals surface area contributed by atoms with Crippen LogP contribution in [0.2, 0.25) is 0 Å². The van der Waals surface area contributed by atoms with Crippen LogP contribution in [0.1, 0.15) is 181 Å². The number of aliphatic imine (C=N–C) groups is 1. The van der Waals surface area contributed by atoms with Gasteiger partial charge in [-0.1, -0.05) is 147 Å². The van der Waals surface area contributed by atoms with E-state index in [4.69, 9.17) is 21.9 Å². The molecule has 3 aromatic rings. The standard InChI is InChI=1S/C75H101N7O8/c1-47-15-10-11-38-90-46-55(24-12-16-48(2)64(33-26-47)79-43-49-17-6-4-7-18-49)58-35-37-75(70(58)87)63-32-31-57(84)40-50-19-13-20-51(39-50)41-61(62(44-81-73(77)78)52-27-29-56(83)30-28-52)66(86)45-80-69-68-54(23-14-25-60(68)71(76)82-72(69)88)42-65(85)67(53-21-8-5-9-22-53)59(63)34-36-74(75,3)89/h12-14,16,19-20,23-30,39,49,53,57-58,61-64,66,69-71,79-80,83-84,86-87,89H,2,4-9,15,17-18,21-22,31-38,40-46,76H2,1,3H3,(H,82,88)(H4,77,78,81)/b16-12+,47-26+,55-24-,67-59?/t57-,58+,61+,62+,63+,64-,66+,69+,70+,71+,74+,75+/m0/s1. The van der Waals surface area contributed by atoms with Crippen molar-refractivity contribution in [2.24, 2.45) is 57.2 Å². The van der Waals surface area contributed by atoms with Crippen molar-refractivity contribution in [3.05, 3.63) is 159 Å².